The van der Waals surface area contributed by atoms with Crippen molar-refractivity contribution < 1.29 is 19.1 Å². The van der Waals surface area contributed by atoms with Gasteiger partial charge >= 0.3 is 0 Å². The maximum atomic E-state index is 12.8. The Morgan fingerprint density at radius 1 is 1.11 bits per heavy atom. The number of furan rings is 1. The number of aliphatic hydroxyl groups is 1. The summed E-state index contributed by atoms with van der Waals surface area (Å²) in [5, 5.41) is 11.9. The summed E-state index contributed by atoms with van der Waals surface area (Å²) in [6.07, 6.45) is 6.30. The molecule has 0 fully saturated rings. The third kappa shape index (κ3) is 5.56. The molecule has 0 aliphatic rings. The van der Waals surface area contributed by atoms with Crippen molar-refractivity contribution in [3.05, 3.63) is 60.6 Å². The highest BCUT2D eigenvalue weighted by Crippen LogP contribution is 2.21. The predicted octanol–water partition coefficient (Wildman–Crippen LogP) is 3.69. The summed E-state index contributed by atoms with van der Waals surface area (Å²) in [4.78, 5) is 25.5. The van der Waals surface area contributed by atoms with Gasteiger partial charge in [0, 0.05) is 6.08 Å². The second-order valence-corrected chi connectivity index (χ2v) is 6.33. The predicted molar refractivity (Wildman–Crippen MR) is 105 cm³/mol. The van der Waals surface area contributed by atoms with Crippen LogP contribution in [0.25, 0.3) is 6.08 Å². The first-order valence-corrected chi connectivity index (χ1v) is 9.14. The molecular weight excluding hydrogens is 344 g/mol. The van der Waals surface area contributed by atoms with Crippen molar-refractivity contribution in [1.29, 1.82) is 0 Å². The first-order valence-electron chi connectivity index (χ1n) is 9.14. The van der Waals surface area contributed by atoms with E-state index in [1.54, 1.807) is 36.4 Å². The number of rotatable bonds is 8. The molecule has 144 valence electrons. The number of hydrogen-bond donors (Lipinski definition) is 2. The second-order valence-electron chi connectivity index (χ2n) is 6.33. The van der Waals surface area contributed by atoms with Crippen LogP contribution in [0.2, 0.25) is 0 Å². The minimum atomic E-state index is -1.51. The van der Waals surface area contributed by atoms with E-state index in [2.05, 4.69) is 5.43 Å². The quantitative estimate of drug-likeness (QED) is 0.548. The summed E-state index contributed by atoms with van der Waals surface area (Å²) in [7, 11) is 0. The number of carbonyl (C=O) groups excluding carboxylic acids is 2. The van der Waals surface area contributed by atoms with Crippen LogP contribution in [-0.4, -0.2) is 22.5 Å². The number of para-hydroxylation sites is 1. The molecular formula is C21H26N2O4. The van der Waals surface area contributed by atoms with Gasteiger partial charge in [-0.1, -0.05) is 44.9 Å². The van der Waals surface area contributed by atoms with Crippen LogP contribution in [0, 0.1) is 0 Å². The minimum Gasteiger partial charge on any atom is -0.465 e. The first kappa shape index (κ1) is 20.5. The van der Waals surface area contributed by atoms with Gasteiger partial charge in [0.25, 0.3) is 11.8 Å². The lowest BCUT2D eigenvalue weighted by molar-refractivity contribution is -0.142. The van der Waals surface area contributed by atoms with Crippen LogP contribution in [-0.2, 0) is 9.59 Å². The molecule has 0 radical (unpaired) electrons. The number of benzene rings is 1. The highest BCUT2D eigenvalue weighted by atomic mass is 16.3. The number of nitrogens with zero attached hydrogens (tertiary/aromatic N) is 1. The average molecular weight is 370 g/mol. The normalized spacial score (nSPS) is 11.5. The van der Waals surface area contributed by atoms with Crippen LogP contribution < -0.4 is 10.4 Å². The van der Waals surface area contributed by atoms with Crippen LogP contribution in [0.4, 0.5) is 5.69 Å². The molecule has 0 bridgehead atoms. The van der Waals surface area contributed by atoms with Crippen molar-refractivity contribution >= 4 is 23.6 Å². The van der Waals surface area contributed by atoms with Crippen molar-refractivity contribution in [3.63, 3.8) is 0 Å². The molecule has 0 aliphatic carbocycles. The molecule has 6 nitrogen and oxygen atoms in total. The molecule has 0 aliphatic heterocycles. The van der Waals surface area contributed by atoms with Crippen LogP contribution in [0.15, 0.2) is 59.2 Å². The fourth-order valence-electron chi connectivity index (χ4n) is 2.82. The number of anilines is 1. The molecule has 0 saturated heterocycles. The number of amides is 2. The van der Waals surface area contributed by atoms with Crippen molar-refractivity contribution in [1.82, 2.24) is 5.43 Å². The first-order chi connectivity index (χ1) is 13.0. The molecule has 27 heavy (non-hydrogen) atoms. The van der Waals surface area contributed by atoms with Crippen LogP contribution in [0.3, 0.4) is 0 Å². The monoisotopic (exact) mass is 370 g/mol. The van der Waals surface area contributed by atoms with E-state index < -0.39 is 17.4 Å². The van der Waals surface area contributed by atoms with Crippen molar-refractivity contribution in [2.24, 2.45) is 0 Å². The Labute approximate surface area is 159 Å². The van der Waals surface area contributed by atoms with Gasteiger partial charge in [0.1, 0.15) is 11.4 Å². The molecule has 0 saturated carbocycles. The van der Waals surface area contributed by atoms with Gasteiger partial charge in [-0.05, 0) is 43.2 Å². The van der Waals surface area contributed by atoms with E-state index in [0.29, 0.717) is 37.1 Å². The summed E-state index contributed by atoms with van der Waals surface area (Å²) < 4.78 is 5.18. The third-order valence-electron chi connectivity index (χ3n) is 4.13. The Bertz CT molecular complexity index is 748. The third-order valence-corrected chi connectivity index (χ3v) is 4.13. The van der Waals surface area contributed by atoms with Gasteiger partial charge < -0.3 is 9.52 Å². The van der Waals surface area contributed by atoms with Crippen LogP contribution in [0.5, 0.6) is 0 Å². The van der Waals surface area contributed by atoms with Gasteiger partial charge in [-0.3, -0.25) is 15.0 Å². The van der Waals surface area contributed by atoms with E-state index in [0.717, 1.165) is 5.01 Å². The molecule has 2 N–H and O–H groups in total. The largest absolute Gasteiger partial charge is 0.465 e. The van der Waals surface area contributed by atoms with Gasteiger partial charge in [-0.15, -0.1) is 0 Å². The highest BCUT2D eigenvalue weighted by Gasteiger charge is 2.35. The molecule has 0 atom stereocenters. The molecule has 1 heterocycles. The van der Waals surface area contributed by atoms with E-state index in [4.69, 9.17) is 4.42 Å². The molecule has 2 rings (SSSR count). The standard InChI is InChI=1S/C21H26N2O4/c1-3-14-21(26,15-4-2)20(25)22-23(17-9-6-5-7-10-17)19(24)13-12-18-11-8-16-27-18/h5-13,16,26H,3-4,14-15H2,1-2H3,(H,22,25)/b13-12+. The van der Waals surface area contributed by atoms with Crippen molar-refractivity contribution in [3.8, 4) is 0 Å². The summed E-state index contributed by atoms with van der Waals surface area (Å²) >= 11 is 0. The van der Waals surface area contributed by atoms with Gasteiger partial charge in [-0.2, -0.15) is 0 Å². The SMILES string of the molecule is CCCC(O)(CCC)C(=O)NN(C(=O)/C=C/c1ccco1)c1ccccc1. The number of hydrazine groups is 1. The molecule has 0 unspecified atom stereocenters. The zero-order chi connectivity index (χ0) is 19.7. The lowest BCUT2D eigenvalue weighted by atomic mass is 9.92. The van der Waals surface area contributed by atoms with Crippen LogP contribution in [0.1, 0.15) is 45.3 Å². The smallest absolute Gasteiger partial charge is 0.270 e. The number of hydrogen-bond acceptors (Lipinski definition) is 4. The Balaban J connectivity index is 2.25. The fraction of sp³-hybridized carbons (Fsp3) is 0.333. The Kier molecular flexibility index (Phi) is 7.37. The fourth-order valence-corrected chi connectivity index (χ4v) is 2.82. The van der Waals surface area contributed by atoms with Gasteiger partial charge in [-0.25, -0.2) is 5.01 Å². The van der Waals surface area contributed by atoms with Gasteiger partial charge in [0.15, 0.2) is 0 Å². The zero-order valence-electron chi connectivity index (χ0n) is 15.7. The topological polar surface area (TPSA) is 82.8 Å². The number of nitrogens with one attached hydrogen (secondary N) is 1. The maximum Gasteiger partial charge on any atom is 0.270 e. The van der Waals surface area contributed by atoms with Gasteiger partial charge in [0.05, 0.1) is 12.0 Å². The van der Waals surface area contributed by atoms with E-state index in [9.17, 15) is 14.7 Å². The zero-order valence-corrected chi connectivity index (χ0v) is 15.7. The number of carbonyl (C=O) groups is 2. The Morgan fingerprint density at radius 3 is 2.33 bits per heavy atom. The summed E-state index contributed by atoms with van der Waals surface area (Å²) in [5.41, 5.74) is 1.57. The molecule has 2 aromatic rings. The molecule has 1 aromatic heterocycles. The van der Waals surface area contributed by atoms with Crippen LogP contribution >= 0.6 is 0 Å². The second kappa shape index (κ2) is 9.73. The van der Waals surface area contributed by atoms with E-state index >= 15 is 0 Å². The molecule has 2 amide bonds. The molecule has 1 aromatic carbocycles. The van der Waals surface area contributed by atoms with E-state index in [1.165, 1.54) is 18.4 Å². The van der Waals surface area contributed by atoms with Gasteiger partial charge in [0.2, 0.25) is 0 Å². The minimum absolute atomic E-state index is 0.325. The lowest BCUT2D eigenvalue weighted by Gasteiger charge is -2.30. The lowest BCUT2D eigenvalue weighted by Crippen LogP contribution is -2.55. The Hall–Kier alpha value is -2.86. The highest BCUT2D eigenvalue weighted by molar-refractivity contribution is 6.05. The average Bonchev–Trinajstić information content (AvgIpc) is 3.18. The van der Waals surface area contributed by atoms with Crippen molar-refractivity contribution in [2.75, 3.05) is 5.01 Å². The Morgan fingerprint density at radius 2 is 1.78 bits per heavy atom. The summed E-state index contributed by atoms with van der Waals surface area (Å²) in [6, 6.07) is 12.2. The summed E-state index contributed by atoms with van der Waals surface area (Å²) in [5.74, 6) is -0.521. The summed E-state index contributed by atoms with van der Waals surface area (Å²) in [6.45, 7) is 3.81. The van der Waals surface area contributed by atoms with E-state index in [-0.39, 0.29) is 0 Å². The maximum absolute atomic E-state index is 12.8. The molecule has 0 spiro atoms. The van der Waals surface area contributed by atoms with E-state index in [1.807, 2.05) is 19.9 Å². The van der Waals surface area contributed by atoms with Crippen molar-refractivity contribution in [2.45, 2.75) is 45.1 Å². The molecule has 6 heteroatoms.